The van der Waals surface area contributed by atoms with E-state index in [1.807, 2.05) is 0 Å². The van der Waals surface area contributed by atoms with Crippen molar-refractivity contribution in [2.75, 3.05) is 24.7 Å². The van der Waals surface area contributed by atoms with Crippen LogP contribution in [-0.4, -0.2) is 38.2 Å². The number of fused-ring (bicyclic) bond motifs is 1. The third-order valence-electron chi connectivity index (χ3n) is 3.57. The molecule has 1 fully saturated rings. The minimum absolute atomic E-state index is 0.0257. The van der Waals surface area contributed by atoms with Crippen molar-refractivity contribution in [3.05, 3.63) is 23.8 Å². The highest BCUT2D eigenvalue weighted by Crippen LogP contribution is 2.38. The summed E-state index contributed by atoms with van der Waals surface area (Å²) in [5.41, 5.74) is -0.721. The van der Waals surface area contributed by atoms with E-state index in [0.717, 1.165) is 6.42 Å². The normalized spacial score (nSPS) is 28.9. The lowest BCUT2D eigenvalue weighted by Crippen LogP contribution is -2.26. The van der Waals surface area contributed by atoms with Crippen LogP contribution in [0.3, 0.4) is 0 Å². The van der Waals surface area contributed by atoms with Gasteiger partial charge in [0.15, 0.2) is 21.3 Å². The number of rotatable bonds is 1. The first-order valence-electron chi connectivity index (χ1n) is 6.32. The molecule has 0 saturated carbocycles. The average Bonchev–Trinajstić information content (AvgIpc) is 2.55. The summed E-state index contributed by atoms with van der Waals surface area (Å²) >= 11 is 0. The Hall–Kier alpha value is -1.27. The van der Waals surface area contributed by atoms with Crippen LogP contribution >= 0.6 is 0 Å². The van der Waals surface area contributed by atoms with E-state index >= 15 is 0 Å². The summed E-state index contributed by atoms with van der Waals surface area (Å²) in [6.45, 7) is 1.16. The maximum atomic E-state index is 11.5. The van der Waals surface area contributed by atoms with E-state index < -0.39 is 15.4 Å². The Morgan fingerprint density at radius 2 is 1.89 bits per heavy atom. The fourth-order valence-corrected chi connectivity index (χ4v) is 4.34. The molecule has 1 saturated heterocycles. The fourth-order valence-electron chi connectivity index (χ4n) is 2.51. The number of benzene rings is 1. The Labute approximate surface area is 112 Å². The number of hydrogen-bond acceptors (Lipinski definition) is 5. The Balaban J connectivity index is 1.96. The molecule has 1 aromatic carbocycles. The van der Waals surface area contributed by atoms with Crippen LogP contribution in [0.2, 0.25) is 0 Å². The summed E-state index contributed by atoms with van der Waals surface area (Å²) in [6.07, 6.45) is 1.04. The molecule has 2 aliphatic rings. The average molecular weight is 284 g/mol. The van der Waals surface area contributed by atoms with Crippen molar-refractivity contribution in [2.45, 2.75) is 18.4 Å². The molecule has 5 nitrogen and oxygen atoms in total. The maximum absolute atomic E-state index is 11.5. The molecular weight excluding hydrogens is 268 g/mol. The predicted octanol–water partition coefficient (Wildman–Crippen LogP) is 0.854. The largest absolute Gasteiger partial charge is 0.490 e. The smallest absolute Gasteiger partial charge is 0.161 e. The lowest BCUT2D eigenvalue weighted by molar-refractivity contribution is 0.0649. The van der Waals surface area contributed by atoms with Gasteiger partial charge in [0, 0.05) is 6.42 Å². The lowest BCUT2D eigenvalue weighted by atomic mass is 9.93. The zero-order valence-corrected chi connectivity index (χ0v) is 11.3. The van der Waals surface area contributed by atoms with E-state index in [1.165, 1.54) is 0 Å². The minimum atomic E-state index is -3.15. The zero-order chi connectivity index (χ0) is 13.5. The maximum Gasteiger partial charge on any atom is 0.161 e. The Morgan fingerprint density at radius 3 is 2.58 bits per heavy atom. The molecule has 19 heavy (non-hydrogen) atoms. The van der Waals surface area contributed by atoms with Crippen LogP contribution in [0.4, 0.5) is 0 Å². The third-order valence-corrected chi connectivity index (χ3v) is 5.31. The van der Waals surface area contributed by atoms with Crippen molar-refractivity contribution >= 4 is 9.84 Å². The van der Waals surface area contributed by atoms with Gasteiger partial charge >= 0.3 is 0 Å². The Morgan fingerprint density at radius 1 is 1.16 bits per heavy atom. The molecular formula is C13H16O5S. The van der Waals surface area contributed by atoms with Crippen molar-refractivity contribution in [3.8, 4) is 11.5 Å². The molecule has 3 rings (SSSR count). The molecule has 0 aromatic heterocycles. The van der Waals surface area contributed by atoms with Crippen molar-refractivity contribution in [3.63, 3.8) is 0 Å². The van der Waals surface area contributed by atoms with Gasteiger partial charge in [-0.3, -0.25) is 0 Å². The minimum Gasteiger partial charge on any atom is -0.490 e. The predicted molar refractivity (Wildman–Crippen MR) is 69.2 cm³/mol. The van der Waals surface area contributed by atoms with Gasteiger partial charge in [0.25, 0.3) is 0 Å². The topological polar surface area (TPSA) is 72.8 Å². The molecule has 2 aliphatic heterocycles. The fraction of sp³-hybridized carbons (Fsp3) is 0.538. The van der Waals surface area contributed by atoms with Crippen molar-refractivity contribution in [1.29, 1.82) is 0 Å². The summed E-state index contributed by atoms with van der Waals surface area (Å²) in [5.74, 6) is 1.02. The first-order chi connectivity index (χ1) is 8.99. The number of ether oxygens (including phenoxy) is 2. The highest BCUT2D eigenvalue weighted by Gasteiger charge is 2.42. The molecule has 1 atom stereocenters. The second-order valence-corrected chi connectivity index (χ2v) is 7.27. The SMILES string of the molecule is O=S1(=O)CCC(O)(c2ccc3c(c2)OCCCO3)C1. The highest BCUT2D eigenvalue weighted by molar-refractivity contribution is 7.91. The van der Waals surface area contributed by atoms with Crippen LogP contribution in [0.15, 0.2) is 18.2 Å². The molecule has 0 aliphatic carbocycles. The van der Waals surface area contributed by atoms with Gasteiger partial charge < -0.3 is 14.6 Å². The van der Waals surface area contributed by atoms with Gasteiger partial charge in [-0.15, -0.1) is 0 Å². The molecule has 104 valence electrons. The van der Waals surface area contributed by atoms with Crippen molar-refractivity contribution < 1.29 is 23.0 Å². The van der Waals surface area contributed by atoms with E-state index in [9.17, 15) is 13.5 Å². The van der Waals surface area contributed by atoms with E-state index in [4.69, 9.17) is 9.47 Å². The lowest BCUT2D eigenvalue weighted by Gasteiger charge is -2.22. The zero-order valence-electron chi connectivity index (χ0n) is 10.5. The van der Waals surface area contributed by atoms with E-state index in [-0.39, 0.29) is 17.9 Å². The first-order valence-corrected chi connectivity index (χ1v) is 8.14. The molecule has 0 spiro atoms. The summed E-state index contributed by atoms with van der Waals surface area (Å²) < 4.78 is 34.2. The van der Waals surface area contributed by atoms with Crippen LogP contribution < -0.4 is 9.47 Å². The number of hydrogen-bond donors (Lipinski definition) is 1. The molecule has 0 bridgehead atoms. The number of sulfone groups is 1. The van der Waals surface area contributed by atoms with Crippen LogP contribution in [0.5, 0.6) is 11.5 Å². The molecule has 1 unspecified atom stereocenters. The van der Waals surface area contributed by atoms with Crippen molar-refractivity contribution in [1.82, 2.24) is 0 Å². The van der Waals surface area contributed by atoms with Gasteiger partial charge in [0.05, 0.1) is 24.7 Å². The van der Waals surface area contributed by atoms with Crippen molar-refractivity contribution in [2.24, 2.45) is 0 Å². The third kappa shape index (κ3) is 2.42. The summed E-state index contributed by atoms with van der Waals surface area (Å²) in [7, 11) is -3.15. The quantitative estimate of drug-likeness (QED) is 0.828. The second kappa shape index (κ2) is 4.38. The highest BCUT2D eigenvalue weighted by atomic mass is 32.2. The van der Waals surface area contributed by atoms with Crippen LogP contribution in [0.25, 0.3) is 0 Å². The molecule has 2 heterocycles. The van der Waals surface area contributed by atoms with E-state index in [1.54, 1.807) is 18.2 Å². The van der Waals surface area contributed by atoms with E-state index in [2.05, 4.69) is 0 Å². The van der Waals surface area contributed by atoms with Crippen LogP contribution in [0.1, 0.15) is 18.4 Å². The van der Waals surface area contributed by atoms with Gasteiger partial charge in [-0.2, -0.15) is 0 Å². The summed E-state index contributed by atoms with van der Waals surface area (Å²) in [4.78, 5) is 0. The molecule has 1 aromatic rings. The monoisotopic (exact) mass is 284 g/mol. The Kier molecular flexibility index (Phi) is 2.94. The molecule has 0 amide bonds. The first kappa shape index (κ1) is 12.7. The second-order valence-electron chi connectivity index (χ2n) is 5.09. The molecule has 1 N–H and O–H groups in total. The van der Waals surface area contributed by atoms with Crippen LogP contribution in [-0.2, 0) is 15.4 Å². The molecule has 6 heteroatoms. The van der Waals surface area contributed by atoms with Crippen LogP contribution in [0, 0.1) is 0 Å². The standard InChI is InChI=1S/C13H16O5S/c14-13(4-7-19(15,16)9-13)10-2-3-11-12(8-10)18-6-1-5-17-11/h2-3,8,14H,1,4-7,9H2. The molecule has 0 radical (unpaired) electrons. The van der Waals surface area contributed by atoms with Gasteiger partial charge in [-0.1, -0.05) is 6.07 Å². The summed E-state index contributed by atoms with van der Waals surface area (Å²) in [5, 5.41) is 10.5. The number of aliphatic hydroxyl groups is 1. The van der Waals surface area contributed by atoms with E-state index in [0.29, 0.717) is 30.3 Å². The Bertz CT molecular complexity index is 595. The van der Waals surface area contributed by atoms with Gasteiger partial charge in [-0.25, -0.2) is 8.42 Å². The van der Waals surface area contributed by atoms with Gasteiger partial charge in [-0.05, 0) is 24.1 Å². The van der Waals surface area contributed by atoms with Gasteiger partial charge in [0.2, 0.25) is 0 Å². The summed E-state index contributed by atoms with van der Waals surface area (Å²) in [6, 6.07) is 5.15. The van der Waals surface area contributed by atoms with Gasteiger partial charge in [0.1, 0.15) is 5.60 Å².